The number of aliphatic carboxylic acids is 2. The number of unbranched alkanes of at least 4 members (excludes halogenated alkanes) is 15. The van der Waals surface area contributed by atoms with Crippen molar-refractivity contribution in [1.29, 1.82) is 0 Å². The van der Waals surface area contributed by atoms with Crippen molar-refractivity contribution in [2.75, 3.05) is 100 Å². The summed E-state index contributed by atoms with van der Waals surface area (Å²) < 4.78 is 21.9. The highest BCUT2D eigenvalue weighted by atomic mass is 16.5. The number of ether oxygens (including phenoxy) is 4. The topological polar surface area (TPSA) is 274 Å². The molecule has 5 amide bonds. The van der Waals surface area contributed by atoms with E-state index >= 15 is 0 Å². The minimum absolute atomic E-state index is 0.0182. The molecule has 69 heavy (non-hydrogen) atoms. The van der Waals surface area contributed by atoms with Crippen LogP contribution in [-0.2, 0) is 57.3 Å². The number of quaternary nitrogens is 1. The molecule has 400 valence electrons. The Balaban J connectivity index is 4.34. The number of carboxylic acid groups (broad SMARTS) is 2. The molecular weight excluding hydrogens is 897 g/mol. The molecule has 0 bridgehead atoms. The minimum Gasteiger partial charge on any atom is -0.481 e. The molecule has 20 heteroatoms. The van der Waals surface area contributed by atoms with Crippen LogP contribution in [0, 0.1) is 0 Å². The summed E-state index contributed by atoms with van der Waals surface area (Å²) in [6.45, 7) is 3.94. The molecule has 0 aromatic heterocycles. The van der Waals surface area contributed by atoms with Gasteiger partial charge in [-0.2, -0.15) is 0 Å². The van der Waals surface area contributed by atoms with Gasteiger partial charge in [0.15, 0.2) is 0 Å². The van der Waals surface area contributed by atoms with Crippen molar-refractivity contribution in [2.24, 2.45) is 0 Å². The van der Waals surface area contributed by atoms with Crippen molar-refractivity contribution in [3.8, 4) is 0 Å². The smallest absolute Gasteiger partial charge is 0.305 e. The Morgan fingerprint density at radius 2 is 0.884 bits per heavy atom. The zero-order valence-corrected chi connectivity index (χ0v) is 42.6. The Bertz CT molecular complexity index is 1430. The lowest BCUT2D eigenvalue weighted by Gasteiger charge is -2.30. The number of rotatable bonds is 49. The van der Waals surface area contributed by atoms with E-state index in [-0.39, 0.29) is 127 Å². The van der Waals surface area contributed by atoms with Crippen molar-refractivity contribution < 1.29 is 72.0 Å². The fraction of sp³-hybridized carbons (Fsp3) is 0.837. The van der Waals surface area contributed by atoms with Crippen LogP contribution in [0.2, 0.25) is 0 Å². The van der Waals surface area contributed by atoms with E-state index < -0.39 is 29.9 Å². The van der Waals surface area contributed by atoms with E-state index in [1.165, 1.54) is 32.1 Å². The van der Waals surface area contributed by atoms with Crippen molar-refractivity contribution in [3.63, 3.8) is 0 Å². The maximum atomic E-state index is 13.5. The van der Waals surface area contributed by atoms with Crippen LogP contribution in [0.4, 0.5) is 0 Å². The van der Waals surface area contributed by atoms with Crippen molar-refractivity contribution in [2.45, 2.75) is 167 Å². The third kappa shape index (κ3) is 47.2. The fourth-order valence-electron chi connectivity index (χ4n) is 7.22. The maximum absolute atomic E-state index is 13.5. The summed E-state index contributed by atoms with van der Waals surface area (Å²) in [6, 6.07) is -1.71. The summed E-state index contributed by atoms with van der Waals surface area (Å²) in [6.07, 6.45) is 18.0. The Morgan fingerprint density at radius 1 is 0.449 bits per heavy atom. The molecule has 0 rings (SSSR count). The number of carboxylic acids is 2. The Hall–Kier alpha value is -4.24. The zero-order valence-electron chi connectivity index (χ0n) is 42.6. The monoisotopic (exact) mass is 988 g/mol. The number of nitrogens with one attached hydrogen (secondary N) is 5. The quantitative estimate of drug-likeness (QED) is 0.0338. The predicted octanol–water partition coefficient (Wildman–Crippen LogP) is 3.81. The van der Waals surface area contributed by atoms with Gasteiger partial charge >= 0.3 is 11.9 Å². The summed E-state index contributed by atoms with van der Waals surface area (Å²) in [5.41, 5.74) is 0. The molecule has 0 spiro atoms. The van der Waals surface area contributed by atoms with Gasteiger partial charge in [0.1, 0.15) is 25.0 Å². The van der Waals surface area contributed by atoms with Crippen LogP contribution >= 0.6 is 0 Å². The summed E-state index contributed by atoms with van der Waals surface area (Å²) in [4.78, 5) is 96.1. The molecule has 0 radical (unpaired) electrons. The molecule has 0 aromatic carbocycles. The van der Waals surface area contributed by atoms with Gasteiger partial charge in [-0.1, -0.05) is 83.5 Å². The second kappa shape index (κ2) is 43.8. The molecule has 20 nitrogen and oxygen atoms in total. The third-order valence-corrected chi connectivity index (χ3v) is 10.8. The summed E-state index contributed by atoms with van der Waals surface area (Å²) in [7, 11) is 5.66. The Morgan fingerprint density at radius 3 is 1.36 bits per heavy atom. The highest BCUT2D eigenvalue weighted by Crippen LogP contribution is 2.14. The standard InChI is InChI=1S/C49H90N6O14/c1-40(56)22-18-17-21-27-50-45(59)38-68-34-33-67-31-29-52-46(60)39-69-35-32-66-30-28-51-43(57)26-25-42(49(65)53-41(36-48(63)64)37-55(2,3)4)54-44(58)23-19-15-13-11-9-7-5-6-8-10-12-14-16-20-24-47(61)62/h41-42H,5-39H2,1-4H3,(H6-,50,51,52,53,54,57,58,59,60,61,62,63,64,65)/p+1. The van der Waals surface area contributed by atoms with Crippen molar-refractivity contribution in [1.82, 2.24) is 26.6 Å². The summed E-state index contributed by atoms with van der Waals surface area (Å²) in [5.74, 6) is -3.34. The lowest BCUT2D eigenvalue weighted by molar-refractivity contribution is -0.871. The van der Waals surface area contributed by atoms with Gasteiger partial charge < -0.3 is 65.0 Å². The van der Waals surface area contributed by atoms with Gasteiger partial charge in [-0.05, 0) is 39.0 Å². The molecule has 0 saturated carbocycles. The SMILES string of the molecule is CC(=O)CCCCCNC(=O)COCCOCCNC(=O)COCCOCCNC(=O)CCC(NC(=O)CCCCCCCCCCCCCCCCC(=O)O)C(=O)NC(CC(=O)O)C[N+](C)(C)C. The second-order valence-electron chi connectivity index (χ2n) is 18.7. The van der Waals surface area contributed by atoms with E-state index in [0.29, 0.717) is 30.4 Å². The average Bonchev–Trinajstić information content (AvgIpc) is 3.26. The summed E-state index contributed by atoms with van der Waals surface area (Å²) >= 11 is 0. The number of nitrogens with zero attached hydrogens (tertiary/aromatic N) is 1. The number of amides is 5. The molecule has 2 unspecified atom stereocenters. The first-order chi connectivity index (χ1) is 33.0. The second-order valence-corrected chi connectivity index (χ2v) is 18.7. The molecule has 0 saturated heterocycles. The number of hydrogen-bond acceptors (Lipinski definition) is 12. The first-order valence-electron chi connectivity index (χ1n) is 25.4. The van der Waals surface area contributed by atoms with Crippen LogP contribution in [0.25, 0.3) is 0 Å². The van der Waals surface area contributed by atoms with Gasteiger partial charge in [0.2, 0.25) is 29.5 Å². The zero-order chi connectivity index (χ0) is 51.4. The summed E-state index contributed by atoms with van der Waals surface area (Å²) in [5, 5.41) is 31.9. The van der Waals surface area contributed by atoms with Gasteiger partial charge in [-0.25, -0.2) is 0 Å². The third-order valence-electron chi connectivity index (χ3n) is 10.8. The average molecular weight is 988 g/mol. The number of hydrogen-bond donors (Lipinski definition) is 7. The highest BCUT2D eigenvalue weighted by molar-refractivity contribution is 5.88. The minimum atomic E-state index is -1.06. The van der Waals surface area contributed by atoms with Crippen molar-refractivity contribution >= 4 is 47.3 Å². The first kappa shape index (κ1) is 64.8. The number of carbonyl (C=O) groups is 8. The highest BCUT2D eigenvalue weighted by Gasteiger charge is 2.28. The van der Waals surface area contributed by atoms with E-state index in [9.17, 15) is 43.5 Å². The molecular formula is C49H91N6O14+. The van der Waals surface area contributed by atoms with Gasteiger partial charge in [-0.15, -0.1) is 0 Å². The lowest BCUT2D eigenvalue weighted by atomic mass is 10.0. The van der Waals surface area contributed by atoms with Crippen LogP contribution < -0.4 is 26.6 Å². The van der Waals surface area contributed by atoms with Crippen molar-refractivity contribution in [3.05, 3.63) is 0 Å². The van der Waals surface area contributed by atoms with Crippen LogP contribution in [-0.4, -0.2) is 174 Å². The molecule has 0 heterocycles. The molecule has 0 aliphatic carbocycles. The molecule has 2 atom stereocenters. The molecule has 0 aliphatic rings. The van der Waals surface area contributed by atoms with Gasteiger partial charge in [0.25, 0.3) is 0 Å². The number of Topliss-reactive ketones (excluding diaryl/α,β-unsaturated/α-hetero) is 1. The number of likely N-dealkylation sites (N-methyl/N-ethyl adjacent to an activating group) is 1. The van der Waals surface area contributed by atoms with Crippen LogP contribution in [0.3, 0.4) is 0 Å². The van der Waals surface area contributed by atoms with E-state index in [4.69, 9.17) is 24.1 Å². The van der Waals surface area contributed by atoms with E-state index in [1.54, 1.807) is 6.92 Å². The molecule has 0 fully saturated rings. The first-order valence-corrected chi connectivity index (χ1v) is 25.4. The Labute approximate surface area is 411 Å². The molecule has 0 aliphatic heterocycles. The van der Waals surface area contributed by atoms with E-state index in [2.05, 4.69) is 26.6 Å². The fourth-order valence-corrected chi connectivity index (χ4v) is 7.22. The van der Waals surface area contributed by atoms with Crippen LogP contribution in [0.5, 0.6) is 0 Å². The lowest BCUT2D eigenvalue weighted by Crippen LogP contribution is -2.54. The molecule has 7 N–H and O–H groups in total. The predicted molar refractivity (Wildman–Crippen MR) is 261 cm³/mol. The normalized spacial score (nSPS) is 12.2. The maximum Gasteiger partial charge on any atom is 0.305 e. The van der Waals surface area contributed by atoms with Gasteiger partial charge in [-0.3, -0.25) is 33.6 Å². The van der Waals surface area contributed by atoms with Gasteiger partial charge in [0, 0.05) is 45.3 Å². The molecule has 0 aromatic rings. The Kier molecular flexibility index (Phi) is 41.1. The van der Waals surface area contributed by atoms with Crippen LogP contribution in [0.15, 0.2) is 0 Å². The number of ketones is 1. The van der Waals surface area contributed by atoms with Gasteiger partial charge in [0.05, 0.1) is 79.8 Å². The number of carbonyl (C=O) groups excluding carboxylic acids is 6. The van der Waals surface area contributed by atoms with E-state index in [0.717, 1.165) is 70.6 Å². The van der Waals surface area contributed by atoms with Crippen LogP contribution in [0.1, 0.15) is 155 Å². The van der Waals surface area contributed by atoms with E-state index in [1.807, 2.05) is 21.1 Å². The largest absolute Gasteiger partial charge is 0.481 e.